The van der Waals surface area contributed by atoms with Crippen LogP contribution in [0.5, 0.6) is 0 Å². The van der Waals surface area contributed by atoms with Crippen LogP contribution in [-0.2, 0) is 0 Å². The third-order valence-corrected chi connectivity index (χ3v) is 3.28. The van der Waals surface area contributed by atoms with Crippen molar-refractivity contribution in [2.45, 2.75) is 19.4 Å². The molecule has 2 aromatic rings. The van der Waals surface area contributed by atoms with E-state index in [1.165, 1.54) is 10.9 Å². The second-order valence-electron chi connectivity index (χ2n) is 4.29. The Balaban J connectivity index is 2.24. The zero-order valence-corrected chi connectivity index (χ0v) is 9.23. The van der Waals surface area contributed by atoms with Gasteiger partial charge in [-0.2, -0.15) is 0 Å². The van der Waals surface area contributed by atoms with Gasteiger partial charge in [0.1, 0.15) is 0 Å². The summed E-state index contributed by atoms with van der Waals surface area (Å²) in [7, 11) is 0. The molecule has 16 heavy (non-hydrogen) atoms. The third-order valence-electron chi connectivity index (χ3n) is 3.28. The number of nitrogens with zero attached hydrogens (tertiary/aromatic N) is 1. The lowest BCUT2D eigenvalue weighted by Crippen LogP contribution is -2.34. The molecule has 0 saturated carbocycles. The molecule has 0 radical (unpaired) electrons. The molecule has 1 atom stereocenters. The van der Waals surface area contributed by atoms with Gasteiger partial charge < -0.3 is 5.32 Å². The Labute approximate surface area is 94.1 Å². The van der Waals surface area contributed by atoms with Gasteiger partial charge in [0.2, 0.25) is 5.91 Å². The molecule has 1 aromatic carbocycles. The Morgan fingerprint density at radius 3 is 2.81 bits per heavy atom. The number of hydrogen-bond acceptors (Lipinski definition) is 2. The average molecular weight is 214 g/mol. The van der Waals surface area contributed by atoms with Crippen LogP contribution in [0.2, 0.25) is 0 Å². The molecule has 3 heteroatoms. The van der Waals surface area contributed by atoms with Crippen molar-refractivity contribution in [2.24, 2.45) is 0 Å². The summed E-state index contributed by atoms with van der Waals surface area (Å²) in [5.74, 6) is 0.0711. The average Bonchev–Trinajstić information content (AvgIpc) is 2.56. The minimum absolute atomic E-state index is 0.0711. The zero-order valence-electron chi connectivity index (χ0n) is 9.23. The van der Waals surface area contributed by atoms with Crippen molar-refractivity contribution >= 4 is 16.8 Å². The highest BCUT2D eigenvalue weighted by atomic mass is 16.1. The van der Waals surface area contributed by atoms with E-state index in [1.807, 2.05) is 24.4 Å². The Morgan fingerprint density at radius 1 is 1.44 bits per heavy atom. The monoisotopic (exact) mass is 214 g/mol. The minimum atomic E-state index is 0.0711. The molecule has 3 nitrogen and oxygen atoms in total. The van der Waals surface area contributed by atoms with Crippen LogP contribution in [0.25, 0.3) is 10.9 Å². The first-order chi connectivity index (χ1) is 7.77. The highest BCUT2D eigenvalue weighted by Gasteiger charge is 2.23. The maximum atomic E-state index is 11.5. The molecule has 1 aromatic heterocycles. The van der Waals surface area contributed by atoms with Crippen molar-refractivity contribution in [3.05, 3.63) is 36.0 Å². The highest BCUT2D eigenvalue weighted by molar-refractivity contribution is 5.93. The summed E-state index contributed by atoms with van der Waals surface area (Å²) in [5.41, 5.74) is 2.26. The van der Waals surface area contributed by atoms with Crippen LogP contribution >= 0.6 is 0 Å². The molecule has 2 heterocycles. The van der Waals surface area contributed by atoms with Crippen LogP contribution in [0.4, 0.5) is 0 Å². The van der Waals surface area contributed by atoms with Gasteiger partial charge in [0.05, 0.1) is 5.52 Å². The molecule has 1 fully saturated rings. The predicted molar refractivity (Wildman–Crippen MR) is 63.6 cm³/mol. The number of carbonyl (C=O) groups excluding carboxylic acids is 1. The van der Waals surface area contributed by atoms with Gasteiger partial charge >= 0.3 is 0 Å². The van der Waals surface area contributed by atoms with E-state index in [-0.39, 0.29) is 5.91 Å². The first-order valence-electron chi connectivity index (χ1n) is 5.61. The fraction of sp³-hybridized carbons (Fsp3) is 0.308. The lowest BCUT2D eigenvalue weighted by Gasteiger charge is -2.27. The van der Waals surface area contributed by atoms with E-state index in [1.54, 1.807) is 11.5 Å². The minimum Gasteiger partial charge on any atom is -0.310 e. The van der Waals surface area contributed by atoms with Crippen molar-refractivity contribution in [3.8, 4) is 0 Å². The molecule has 1 aliphatic rings. The third kappa shape index (κ3) is 1.28. The van der Waals surface area contributed by atoms with E-state index in [0.717, 1.165) is 18.5 Å². The Bertz CT molecular complexity index is 552. The van der Waals surface area contributed by atoms with Crippen molar-refractivity contribution < 1.29 is 4.79 Å². The van der Waals surface area contributed by atoms with Crippen molar-refractivity contribution in [2.75, 3.05) is 6.54 Å². The summed E-state index contributed by atoms with van der Waals surface area (Å²) in [4.78, 5) is 11.5. The van der Waals surface area contributed by atoms with Crippen LogP contribution in [0.15, 0.2) is 30.5 Å². The number of benzene rings is 1. The maximum Gasteiger partial charge on any atom is 0.227 e. The molecule has 3 rings (SSSR count). The highest BCUT2D eigenvalue weighted by Crippen LogP contribution is 2.31. The number of fused-ring (bicyclic) bond motifs is 1. The van der Waals surface area contributed by atoms with E-state index in [2.05, 4.69) is 11.4 Å². The number of carbonyl (C=O) groups is 1. The largest absolute Gasteiger partial charge is 0.310 e. The quantitative estimate of drug-likeness (QED) is 0.790. The fourth-order valence-corrected chi connectivity index (χ4v) is 2.30. The van der Waals surface area contributed by atoms with Gasteiger partial charge in [-0.3, -0.25) is 9.36 Å². The summed E-state index contributed by atoms with van der Waals surface area (Å²) >= 11 is 0. The lowest BCUT2D eigenvalue weighted by molar-refractivity contribution is 0.0941. The normalized spacial score (nSPS) is 19.7. The maximum absolute atomic E-state index is 11.5. The predicted octanol–water partition coefficient (Wildman–Crippen LogP) is 2.34. The number of nitrogens with one attached hydrogen (secondary N) is 1. The van der Waals surface area contributed by atoms with Crippen LogP contribution in [0, 0.1) is 0 Å². The summed E-state index contributed by atoms with van der Waals surface area (Å²) in [5, 5.41) is 4.57. The van der Waals surface area contributed by atoms with E-state index in [4.69, 9.17) is 0 Å². The molecule has 0 spiro atoms. The Kier molecular flexibility index (Phi) is 2.07. The van der Waals surface area contributed by atoms with E-state index in [0.29, 0.717) is 6.04 Å². The molecule has 1 saturated heterocycles. The van der Waals surface area contributed by atoms with Crippen LogP contribution in [0.3, 0.4) is 0 Å². The zero-order chi connectivity index (χ0) is 11.1. The molecule has 0 aliphatic carbocycles. The van der Waals surface area contributed by atoms with E-state index >= 15 is 0 Å². The summed E-state index contributed by atoms with van der Waals surface area (Å²) < 4.78 is 1.74. The van der Waals surface area contributed by atoms with E-state index in [9.17, 15) is 4.79 Å². The standard InChI is InChI=1S/C13H14N2O/c1-9(16)15-8-11(12-6-7-14-12)10-4-2-3-5-13(10)15/h2-5,8,12,14H,6-7H2,1H3/t12-/m0/s1. The van der Waals surface area contributed by atoms with E-state index < -0.39 is 0 Å². The second-order valence-corrected chi connectivity index (χ2v) is 4.29. The molecule has 1 aliphatic heterocycles. The van der Waals surface area contributed by atoms with Gasteiger partial charge in [-0.25, -0.2) is 0 Å². The molecule has 82 valence electrons. The second kappa shape index (κ2) is 3.46. The molecule has 1 N–H and O–H groups in total. The van der Waals surface area contributed by atoms with Crippen molar-refractivity contribution in [1.82, 2.24) is 9.88 Å². The van der Waals surface area contributed by atoms with Gasteiger partial charge in [-0.05, 0) is 24.6 Å². The van der Waals surface area contributed by atoms with Gasteiger partial charge in [0.15, 0.2) is 0 Å². The molecular formula is C13H14N2O. The van der Waals surface area contributed by atoms with Crippen molar-refractivity contribution in [3.63, 3.8) is 0 Å². The van der Waals surface area contributed by atoms with Gasteiger partial charge in [0, 0.05) is 24.5 Å². The summed E-state index contributed by atoms with van der Waals surface area (Å²) in [6.07, 6.45) is 3.13. The fourth-order valence-electron chi connectivity index (χ4n) is 2.30. The topological polar surface area (TPSA) is 34.0 Å². The first kappa shape index (κ1) is 9.60. The number of para-hydroxylation sites is 1. The summed E-state index contributed by atoms with van der Waals surface area (Å²) in [6, 6.07) is 8.50. The van der Waals surface area contributed by atoms with Crippen LogP contribution in [0.1, 0.15) is 29.7 Å². The van der Waals surface area contributed by atoms with Crippen LogP contribution < -0.4 is 5.32 Å². The number of hydrogen-bond donors (Lipinski definition) is 1. The Hall–Kier alpha value is -1.61. The summed E-state index contributed by atoms with van der Waals surface area (Å²) in [6.45, 7) is 2.68. The SMILES string of the molecule is CC(=O)n1cc([C@@H]2CCN2)c2ccccc21. The smallest absolute Gasteiger partial charge is 0.227 e. The molecule has 0 bridgehead atoms. The number of aromatic nitrogens is 1. The molecule has 0 unspecified atom stereocenters. The van der Waals surface area contributed by atoms with Crippen LogP contribution in [-0.4, -0.2) is 17.0 Å². The van der Waals surface area contributed by atoms with Gasteiger partial charge in [0.25, 0.3) is 0 Å². The number of rotatable bonds is 1. The van der Waals surface area contributed by atoms with Gasteiger partial charge in [-0.15, -0.1) is 0 Å². The molecule has 0 amide bonds. The van der Waals surface area contributed by atoms with Gasteiger partial charge in [-0.1, -0.05) is 18.2 Å². The molecular weight excluding hydrogens is 200 g/mol. The van der Waals surface area contributed by atoms with Crippen molar-refractivity contribution in [1.29, 1.82) is 0 Å². The Morgan fingerprint density at radius 2 is 2.19 bits per heavy atom. The first-order valence-corrected chi connectivity index (χ1v) is 5.61. The lowest BCUT2D eigenvalue weighted by atomic mass is 9.98.